The van der Waals surface area contributed by atoms with Crippen LogP contribution in [0.1, 0.15) is 63.2 Å². The number of hydrogen-bond donors (Lipinski definition) is 4. The molecule has 0 spiro atoms. The maximum Gasteiger partial charge on any atom is 0.421 e. The van der Waals surface area contributed by atoms with Gasteiger partial charge < -0.3 is 20.9 Å². The van der Waals surface area contributed by atoms with Gasteiger partial charge in [0.25, 0.3) is 11.8 Å². The van der Waals surface area contributed by atoms with Gasteiger partial charge in [0.15, 0.2) is 5.82 Å². The molecule has 4 amide bonds. The number of alkyl halides is 3. The number of fused-ring (bicyclic) bond motifs is 1. The van der Waals surface area contributed by atoms with Crippen molar-refractivity contribution in [3.8, 4) is 0 Å². The highest BCUT2D eigenvalue weighted by molar-refractivity contribution is 7.92. The summed E-state index contributed by atoms with van der Waals surface area (Å²) in [6.07, 6.45) is 1.16. The van der Waals surface area contributed by atoms with E-state index in [1.54, 1.807) is 30.3 Å². The standard InChI is InChI=1S/C37H38F3N11O6S/c1-49(58(2,56)57)32-28(41-13-14-42-32)20-44-31-27(37(38,39)40)19-45-36(48-31)46-23-5-3-21(4-6-23)18-43-22-11-15-50(16-12-22)24-7-8-25-26(17-24)35(55)51(34(25)54)29-9-10-30(52)47-33(29)53/h3-8,13-14,17,19,22,29,43H,9-12,15-16,18,20H2,1-2H3,(H,47,52,53)(H2,44,45,46,48). The van der Waals surface area contributed by atoms with Crippen LogP contribution < -0.4 is 30.5 Å². The van der Waals surface area contributed by atoms with Gasteiger partial charge in [0.05, 0.1) is 23.9 Å². The second-order valence-corrected chi connectivity index (χ2v) is 16.0. The third-order valence-electron chi connectivity index (χ3n) is 10.2. The van der Waals surface area contributed by atoms with E-state index in [0.29, 0.717) is 31.5 Å². The Morgan fingerprint density at radius 2 is 1.62 bits per heavy atom. The first-order chi connectivity index (χ1) is 27.6. The fourth-order valence-corrected chi connectivity index (χ4v) is 7.42. The number of amides is 4. The van der Waals surface area contributed by atoms with Crippen molar-refractivity contribution in [3.63, 3.8) is 0 Å². The number of imide groups is 2. The minimum atomic E-state index is -4.78. The Morgan fingerprint density at radius 3 is 2.31 bits per heavy atom. The summed E-state index contributed by atoms with van der Waals surface area (Å²) in [5.41, 5.74) is 1.72. The number of carbonyl (C=O) groups is 4. The minimum Gasteiger partial charge on any atom is -0.371 e. The predicted molar refractivity (Wildman–Crippen MR) is 205 cm³/mol. The van der Waals surface area contributed by atoms with Crippen molar-refractivity contribution >= 4 is 62.6 Å². The topological polar surface area (TPSA) is 212 Å². The number of rotatable bonds is 12. The van der Waals surface area contributed by atoms with Crippen LogP contribution in [0, 0.1) is 0 Å². The van der Waals surface area contributed by atoms with Gasteiger partial charge in [-0.3, -0.25) is 38.7 Å². The van der Waals surface area contributed by atoms with Crippen LogP contribution in [0.25, 0.3) is 0 Å². The summed E-state index contributed by atoms with van der Waals surface area (Å²) in [6, 6.07) is 11.5. The van der Waals surface area contributed by atoms with Crippen LogP contribution in [0.4, 0.5) is 42.1 Å². The molecule has 17 nitrogen and oxygen atoms in total. The van der Waals surface area contributed by atoms with Gasteiger partial charge in [0.1, 0.15) is 23.1 Å². The molecule has 5 heterocycles. The number of aromatic nitrogens is 4. The highest BCUT2D eigenvalue weighted by Crippen LogP contribution is 2.35. The Bertz CT molecular complexity index is 2370. The Balaban J connectivity index is 0.926. The van der Waals surface area contributed by atoms with Gasteiger partial charge in [-0.15, -0.1) is 0 Å². The Kier molecular flexibility index (Phi) is 11.0. The third kappa shape index (κ3) is 8.54. The summed E-state index contributed by atoms with van der Waals surface area (Å²) in [7, 11) is -2.46. The molecule has 2 saturated heterocycles. The maximum atomic E-state index is 13.9. The Morgan fingerprint density at radius 1 is 0.914 bits per heavy atom. The molecule has 21 heteroatoms. The smallest absolute Gasteiger partial charge is 0.371 e. The number of anilines is 5. The molecule has 2 aromatic carbocycles. The van der Waals surface area contributed by atoms with Gasteiger partial charge in [-0.25, -0.2) is 18.4 Å². The molecule has 2 aromatic heterocycles. The van der Waals surface area contributed by atoms with Gasteiger partial charge in [-0.05, 0) is 55.2 Å². The van der Waals surface area contributed by atoms with Crippen molar-refractivity contribution in [1.82, 2.24) is 35.5 Å². The molecule has 3 aliphatic rings. The monoisotopic (exact) mass is 821 g/mol. The van der Waals surface area contributed by atoms with E-state index in [4.69, 9.17) is 0 Å². The lowest BCUT2D eigenvalue weighted by Gasteiger charge is -2.34. The molecule has 4 aromatic rings. The van der Waals surface area contributed by atoms with E-state index in [1.807, 2.05) is 12.1 Å². The average molecular weight is 822 g/mol. The Labute approximate surface area is 330 Å². The van der Waals surface area contributed by atoms with Crippen molar-refractivity contribution in [2.24, 2.45) is 0 Å². The number of carbonyl (C=O) groups excluding carboxylic acids is 4. The van der Waals surface area contributed by atoms with Crippen LogP contribution in [0.15, 0.2) is 61.1 Å². The van der Waals surface area contributed by atoms with Gasteiger partial charge in [0.2, 0.25) is 27.8 Å². The molecule has 0 bridgehead atoms. The second kappa shape index (κ2) is 16.0. The molecule has 304 valence electrons. The lowest BCUT2D eigenvalue weighted by molar-refractivity contribution is -0.138. The van der Waals surface area contributed by atoms with E-state index in [0.717, 1.165) is 39.6 Å². The van der Waals surface area contributed by atoms with Crippen LogP contribution in [-0.2, 0) is 38.9 Å². The number of halogens is 3. The van der Waals surface area contributed by atoms with Gasteiger partial charge in [0, 0.05) is 69.1 Å². The van der Waals surface area contributed by atoms with Gasteiger partial charge in [-0.1, -0.05) is 12.1 Å². The summed E-state index contributed by atoms with van der Waals surface area (Å²) in [5.74, 6) is -2.86. The zero-order valence-corrected chi connectivity index (χ0v) is 32.0. The highest BCUT2D eigenvalue weighted by atomic mass is 32.2. The van der Waals surface area contributed by atoms with Crippen LogP contribution >= 0.6 is 0 Å². The van der Waals surface area contributed by atoms with Crippen molar-refractivity contribution in [2.45, 2.75) is 57.0 Å². The Hall–Kier alpha value is -6.22. The van der Waals surface area contributed by atoms with Gasteiger partial charge >= 0.3 is 6.18 Å². The SMILES string of the molecule is CN(c1nccnc1CNc1nc(Nc2ccc(CNC3CCN(c4ccc5c(c4)C(=O)N(C4CCC(=O)NC4=O)C5=O)CC3)cc2)ncc1C(F)(F)F)S(C)(=O)=O. The molecule has 2 fully saturated rings. The van der Waals surface area contributed by atoms with Crippen molar-refractivity contribution in [1.29, 1.82) is 0 Å². The van der Waals surface area contributed by atoms with E-state index < -0.39 is 57.3 Å². The van der Waals surface area contributed by atoms with E-state index in [-0.39, 0.29) is 54.0 Å². The second-order valence-electron chi connectivity index (χ2n) is 14.0. The van der Waals surface area contributed by atoms with E-state index >= 15 is 0 Å². The average Bonchev–Trinajstić information content (AvgIpc) is 3.44. The lowest BCUT2D eigenvalue weighted by atomic mass is 10.0. The number of sulfonamides is 1. The number of nitrogens with zero attached hydrogens (tertiary/aromatic N) is 7. The summed E-state index contributed by atoms with van der Waals surface area (Å²) in [6.45, 7) is 1.63. The summed E-state index contributed by atoms with van der Waals surface area (Å²) < 4.78 is 66.7. The van der Waals surface area contributed by atoms with E-state index in [1.165, 1.54) is 19.4 Å². The molecule has 0 aliphatic carbocycles. The number of piperidine rings is 2. The molecular weight excluding hydrogens is 784 g/mol. The van der Waals surface area contributed by atoms with Crippen molar-refractivity contribution in [3.05, 3.63) is 89.0 Å². The van der Waals surface area contributed by atoms with Gasteiger partial charge in [-0.2, -0.15) is 18.2 Å². The molecule has 7 rings (SSSR count). The summed E-state index contributed by atoms with van der Waals surface area (Å²) >= 11 is 0. The first-order valence-electron chi connectivity index (χ1n) is 18.2. The molecule has 58 heavy (non-hydrogen) atoms. The summed E-state index contributed by atoms with van der Waals surface area (Å²) in [4.78, 5) is 69.5. The first-order valence-corrected chi connectivity index (χ1v) is 20.0. The quantitative estimate of drug-likeness (QED) is 0.151. The highest BCUT2D eigenvalue weighted by Gasteiger charge is 2.45. The molecule has 1 atom stereocenters. The van der Waals surface area contributed by atoms with Crippen LogP contribution in [0.2, 0.25) is 0 Å². The first kappa shape index (κ1) is 40.0. The molecule has 1 unspecified atom stereocenters. The van der Waals surface area contributed by atoms with Crippen molar-refractivity contribution < 1.29 is 40.8 Å². The number of hydrogen-bond acceptors (Lipinski definition) is 14. The zero-order chi connectivity index (χ0) is 41.4. The minimum absolute atomic E-state index is 0.0466. The lowest BCUT2D eigenvalue weighted by Crippen LogP contribution is -2.54. The normalized spacial score (nSPS) is 17.6. The van der Waals surface area contributed by atoms with Crippen LogP contribution in [0.5, 0.6) is 0 Å². The van der Waals surface area contributed by atoms with Crippen LogP contribution in [-0.4, -0.2) is 95.4 Å². The zero-order valence-electron chi connectivity index (χ0n) is 31.2. The van der Waals surface area contributed by atoms with Crippen molar-refractivity contribution in [2.75, 3.05) is 46.2 Å². The van der Waals surface area contributed by atoms with E-state index in [9.17, 15) is 40.8 Å². The fourth-order valence-electron chi connectivity index (χ4n) is 6.95. The molecule has 4 N–H and O–H groups in total. The maximum absolute atomic E-state index is 13.9. The molecule has 0 saturated carbocycles. The van der Waals surface area contributed by atoms with Crippen LogP contribution in [0.3, 0.4) is 0 Å². The third-order valence-corrected chi connectivity index (χ3v) is 11.3. The largest absolute Gasteiger partial charge is 0.421 e. The fraction of sp³-hybridized carbons (Fsp3) is 0.351. The van der Waals surface area contributed by atoms with E-state index in [2.05, 4.69) is 46.1 Å². The summed E-state index contributed by atoms with van der Waals surface area (Å²) in [5, 5.41) is 11.3. The number of nitrogens with one attached hydrogen (secondary N) is 4. The molecular formula is C37H38F3N11O6S. The molecule has 0 radical (unpaired) electrons. The molecule has 3 aliphatic heterocycles. The number of benzene rings is 2. The predicted octanol–water partition coefficient (Wildman–Crippen LogP) is 3.20.